The van der Waals surface area contributed by atoms with E-state index < -0.39 is 25.0 Å². The van der Waals surface area contributed by atoms with Gasteiger partial charge in [0.05, 0.1) is 6.61 Å². The largest absolute Gasteiger partial charge is 0.373 e. The smallest absolute Gasteiger partial charge is 0.330 e. The summed E-state index contributed by atoms with van der Waals surface area (Å²) in [5.74, 6) is -3.54. The van der Waals surface area contributed by atoms with Gasteiger partial charge < -0.3 is 10.5 Å². The molecule has 0 aliphatic carbocycles. The summed E-state index contributed by atoms with van der Waals surface area (Å²) in [6, 6.07) is -0.608. The van der Waals surface area contributed by atoms with Gasteiger partial charge in [0.1, 0.15) is 18.8 Å². The molecule has 0 aromatic carbocycles. The van der Waals surface area contributed by atoms with E-state index in [0.29, 0.717) is 12.4 Å². The monoisotopic (exact) mass is 298 g/mol. The van der Waals surface area contributed by atoms with Gasteiger partial charge in [-0.2, -0.15) is 13.9 Å². The highest BCUT2D eigenvalue weighted by atomic mass is 19.3. The lowest BCUT2D eigenvalue weighted by atomic mass is 10.2. The Balaban J connectivity index is 2.37. The number of hydrogen-bond donors (Lipinski definition) is 1. The van der Waals surface area contributed by atoms with Crippen LogP contribution in [-0.2, 0) is 17.7 Å². The fraction of sp³-hybridized carbons (Fsp3) is 0.818. The van der Waals surface area contributed by atoms with Crippen molar-refractivity contribution >= 4 is 0 Å². The van der Waals surface area contributed by atoms with Crippen molar-refractivity contribution < 1.29 is 22.3 Å². The molecule has 9 heteroatoms. The number of aromatic nitrogens is 3. The fourth-order valence-corrected chi connectivity index (χ4v) is 1.55. The Bertz CT molecular complexity index is 400. The second kappa shape index (κ2) is 7.53. The van der Waals surface area contributed by atoms with Crippen LogP contribution >= 0.6 is 0 Å². The third-order valence-electron chi connectivity index (χ3n) is 2.52. The SMILES string of the molecule is CCCn1ncnc1CC(N)COCC(F)(F)C(F)F. The number of halogens is 4. The van der Waals surface area contributed by atoms with Crippen LogP contribution in [0.5, 0.6) is 0 Å². The molecule has 116 valence electrons. The zero-order valence-corrected chi connectivity index (χ0v) is 11.1. The molecule has 0 aliphatic rings. The van der Waals surface area contributed by atoms with E-state index >= 15 is 0 Å². The van der Waals surface area contributed by atoms with Gasteiger partial charge in [0.2, 0.25) is 0 Å². The first-order chi connectivity index (χ1) is 9.36. The molecule has 1 aromatic rings. The standard InChI is InChI=1S/C11H18F4N4O/c1-2-3-19-9(17-7-18-19)4-8(16)5-20-6-11(14,15)10(12)13/h7-8,10H,2-6,16H2,1H3. The molecule has 1 aromatic heterocycles. The van der Waals surface area contributed by atoms with Gasteiger partial charge in [-0.25, -0.2) is 13.8 Å². The van der Waals surface area contributed by atoms with Crippen molar-refractivity contribution in [2.45, 2.75) is 44.7 Å². The molecule has 20 heavy (non-hydrogen) atoms. The Kier molecular flexibility index (Phi) is 6.34. The molecule has 0 fully saturated rings. The van der Waals surface area contributed by atoms with Gasteiger partial charge in [0, 0.05) is 19.0 Å². The van der Waals surface area contributed by atoms with Gasteiger partial charge in [0.15, 0.2) is 0 Å². The molecule has 5 nitrogen and oxygen atoms in total. The molecule has 1 heterocycles. The highest BCUT2D eigenvalue weighted by Gasteiger charge is 2.41. The van der Waals surface area contributed by atoms with Crippen LogP contribution in [0.2, 0.25) is 0 Å². The summed E-state index contributed by atoms with van der Waals surface area (Å²) >= 11 is 0. The third kappa shape index (κ3) is 5.04. The Labute approximate surface area is 114 Å². The van der Waals surface area contributed by atoms with Crippen molar-refractivity contribution in [3.05, 3.63) is 12.2 Å². The van der Waals surface area contributed by atoms with E-state index in [2.05, 4.69) is 14.8 Å². The van der Waals surface area contributed by atoms with E-state index in [1.807, 2.05) is 6.92 Å². The van der Waals surface area contributed by atoms with Crippen LogP contribution in [0.15, 0.2) is 6.33 Å². The predicted molar refractivity (Wildman–Crippen MR) is 63.8 cm³/mol. The summed E-state index contributed by atoms with van der Waals surface area (Å²) in [6.07, 6.45) is -1.22. The molecule has 1 rings (SSSR count). The van der Waals surface area contributed by atoms with E-state index in [0.717, 1.165) is 6.42 Å². The molecule has 0 amide bonds. The van der Waals surface area contributed by atoms with Crippen LogP contribution in [0.25, 0.3) is 0 Å². The van der Waals surface area contributed by atoms with Crippen molar-refractivity contribution in [3.8, 4) is 0 Å². The summed E-state index contributed by atoms with van der Waals surface area (Å²) in [7, 11) is 0. The Morgan fingerprint density at radius 2 is 2.15 bits per heavy atom. The van der Waals surface area contributed by atoms with Crippen LogP contribution in [0, 0.1) is 0 Å². The lowest BCUT2D eigenvalue weighted by Gasteiger charge is -2.17. The van der Waals surface area contributed by atoms with Gasteiger partial charge in [-0.05, 0) is 6.42 Å². The van der Waals surface area contributed by atoms with Crippen molar-refractivity contribution in [2.24, 2.45) is 5.73 Å². The van der Waals surface area contributed by atoms with E-state index in [4.69, 9.17) is 5.73 Å². The van der Waals surface area contributed by atoms with Crippen LogP contribution in [-0.4, -0.2) is 46.4 Å². The second-order valence-electron chi connectivity index (χ2n) is 4.44. The van der Waals surface area contributed by atoms with E-state index in [1.165, 1.54) is 6.33 Å². The minimum absolute atomic E-state index is 0.249. The molecule has 0 bridgehead atoms. The molecule has 1 unspecified atom stereocenters. The molecule has 0 aliphatic heterocycles. The lowest BCUT2D eigenvalue weighted by molar-refractivity contribution is -0.166. The zero-order chi connectivity index (χ0) is 15.2. The van der Waals surface area contributed by atoms with Gasteiger partial charge in [-0.3, -0.25) is 4.68 Å². The minimum atomic E-state index is -4.15. The predicted octanol–water partition coefficient (Wildman–Crippen LogP) is 1.47. The Morgan fingerprint density at radius 1 is 1.45 bits per heavy atom. The molecule has 0 saturated carbocycles. The van der Waals surface area contributed by atoms with Crippen LogP contribution in [0.1, 0.15) is 19.2 Å². The number of aryl methyl sites for hydroxylation is 1. The van der Waals surface area contributed by atoms with Crippen LogP contribution in [0.3, 0.4) is 0 Å². The van der Waals surface area contributed by atoms with E-state index in [-0.39, 0.29) is 13.0 Å². The quantitative estimate of drug-likeness (QED) is 0.701. The number of nitrogens with two attached hydrogens (primary N) is 1. The van der Waals surface area contributed by atoms with Gasteiger partial charge >= 0.3 is 12.3 Å². The fourth-order valence-electron chi connectivity index (χ4n) is 1.55. The van der Waals surface area contributed by atoms with Gasteiger partial charge in [-0.15, -0.1) is 0 Å². The molecular formula is C11H18F4N4O. The number of ether oxygens (including phenoxy) is 1. The lowest BCUT2D eigenvalue weighted by Crippen LogP contribution is -2.36. The van der Waals surface area contributed by atoms with Crippen molar-refractivity contribution in [1.29, 1.82) is 0 Å². The number of alkyl halides is 4. The normalized spacial score (nSPS) is 13.9. The molecule has 0 saturated heterocycles. The first-order valence-corrected chi connectivity index (χ1v) is 6.22. The van der Waals surface area contributed by atoms with Crippen molar-refractivity contribution in [2.75, 3.05) is 13.2 Å². The number of hydrogen-bond acceptors (Lipinski definition) is 4. The summed E-state index contributed by atoms with van der Waals surface area (Å²) in [6.45, 7) is 1.05. The van der Waals surface area contributed by atoms with E-state index in [1.54, 1.807) is 4.68 Å². The first kappa shape index (κ1) is 16.8. The Morgan fingerprint density at radius 3 is 2.75 bits per heavy atom. The maximum absolute atomic E-state index is 12.6. The third-order valence-corrected chi connectivity index (χ3v) is 2.52. The molecule has 0 radical (unpaired) electrons. The van der Waals surface area contributed by atoms with Crippen molar-refractivity contribution in [1.82, 2.24) is 14.8 Å². The maximum atomic E-state index is 12.6. The highest BCUT2D eigenvalue weighted by molar-refractivity contribution is 4.89. The average Bonchev–Trinajstić information content (AvgIpc) is 2.76. The molecule has 0 spiro atoms. The summed E-state index contributed by atoms with van der Waals surface area (Å²) in [4.78, 5) is 4.01. The summed E-state index contributed by atoms with van der Waals surface area (Å²) < 4.78 is 55.2. The topological polar surface area (TPSA) is 66.0 Å². The van der Waals surface area contributed by atoms with Crippen molar-refractivity contribution in [3.63, 3.8) is 0 Å². The van der Waals surface area contributed by atoms with Gasteiger partial charge in [-0.1, -0.05) is 6.92 Å². The van der Waals surface area contributed by atoms with Crippen LogP contribution < -0.4 is 5.73 Å². The summed E-state index contributed by atoms with van der Waals surface area (Å²) in [5, 5.41) is 3.99. The molecule has 1 atom stereocenters. The van der Waals surface area contributed by atoms with Crippen LogP contribution in [0.4, 0.5) is 17.6 Å². The average molecular weight is 298 g/mol. The van der Waals surface area contributed by atoms with Gasteiger partial charge in [0.25, 0.3) is 0 Å². The molecular weight excluding hydrogens is 280 g/mol. The zero-order valence-electron chi connectivity index (χ0n) is 11.1. The number of nitrogens with zero attached hydrogens (tertiary/aromatic N) is 3. The number of rotatable bonds is 9. The second-order valence-corrected chi connectivity index (χ2v) is 4.44. The Hall–Kier alpha value is -1.22. The van der Waals surface area contributed by atoms with E-state index in [9.17, 15) is 17.6 Å². The summed E-state index contributed by atoms with van der Waals surface area (Å²) in [5.41, 5.74) is 5.70. The highest BCUT2D eigenvalue weighted by Crippen LogP contribution is 2.22. The maximum Gasteiger partial charge on any atom is 0.330 e. The minimum Gasteiger partial charge on any atom is -0.373 e. The molecule has 2 N–H and O–H groups in total. The first-order valence-electron chi connectivity index (χ1n) is 6.22.